The zero-order chi connectivity index (χ0) is 11.1. The highest BCUT2D eigenvalue weighted by atomic mass is 16.5. The lowest BCUT2D eigenvalue weighted by molar-refractivity contribution is -0.152. The Hall–Kier alpha value is -1.06. The summed E-state index contributed by atoms with van der Waals surface area (Å²) in [5.74, 6) is -0.323. The van der Waals surface area contributed by atoms with Crippen LogP contribution in [0, 0.1) is 10.8 Å². The standard InChI is InChI=1S/C11H16O4/c1-14-8(12)10-3-5-11(7-10,6-4-10)9(13)15-2/h3-7H2,1-2H3/t10-,11-. The van der Waals surface area contributed by atoms with Crippen LogP contribution in [-0.2, 0) is 19.1 Å². The molecule has 2 aliphatic carbocycles. The summed E-state index contributed by atoms with van der Waals surface area (Å²) in [6.45, 7) is 0. The minimum absolute atomic E-state index is 0.161. The highest BCUT2D eigenvalue weighted by Crippen LogP contribution is 2.62. The van der Waals surface area contributed by atoms with E-state index in [1.165, 1.54) is 14.2 Å². The zero-order valence-electron chi connectivity index (χ0n) is 9.17. The van der Waals surface area contributed by atoms with Gasteiger partial charge in [0.25, 0.3) is 0 Å². The molecule has 15 heavy (non-hydrogen) atoms. The van der Waals surface area contributed by atoms with Crippen LogP contribution in [0.15, 0.2) is 0 Å². The lowest BCUT2D eigenvalue weighted by atomic mass is 9.82. The molecule has 4 heteroatoms. The van der Waals surface area contributed by atoms with Gasteiger partial charge in [-0.15, -0.1) is 0 Å². The number of carbonyl (C=O) groups is 2. The second-order valence-corrected chi connectivity index (χ2v) is 4.72. The first-order valence-electron chi connectivity index (χ1n) is 5.25. The van der Waals surface area contributed by atoms with E-state index in [1.807, 2.05) is 0 Å². The molecule has 0 unspecified atom stereocenters. The Labute approximate surface area is 88.9 Å². The van der Waals surface area contributed by atoms with E-state index < -0.39 is 10.8 Å². The van der Waals surface area contributed by atoms with E-state index in [-0.39, 0.29) is 11.9 Å². The topological polar surface area (TPSA) is 52.6 Å². The third-order valence-corrected chi connectivity index (χ3v) is 4.08. The third kappa shape index (κ3) is 1.27. The molecule has 0 amide bonds. The van der Waals surface area contributed by atoms with Gasteiger partial charge in [-0.3, -0.25) is 9.59 Å². The lowest BCUT2D eigenvalue weighted by Crippen LogP contribution is -2.27. The molecule has 0 aromatic heterocycles. The Balaban J connectivity index is 2.21. The highest BCUT2D eigenvalue weighted by Gasteiger charge is 2.62. The summed E-state index contributed by atoms with van der Waals surface area (Å²) in [5.41, 5.74) is -0.800. The van der Waals surface area contributed by atoms with Crippen molar-refractivity contribution >= 4 is 11.9 Å². The van der Waals surface area contributed by atoms with Gasteiger partial charge in [0.15, 0.2) is 0 Å². The van der Waals surface area contributed by atoms with E-state index in [1.54, 1.807) is 0 Å². The second-order valence-electron chi connectivity index (χ2n) is 4.72. The summed E-state index contributed by atoms with van der Waals surface area (Å²) in [4.78, 5) is 23.3. The zero-order valence-corrected chi connectivity index (χ0v) is 9.17. The van der Waals surface area contributed by atoms with Gasteiger partial charge in [-0.25, -0.2) is 0 Å². The monoisotopic (exact) mass is 212 g/mol. The molecule has 2 aliphatic rings. The van der Waals surface area contributed by atoms with Crippen molar-refractivity contribution in [3.05, 3.63) is 0 Å². The molecule has 84 valence electrons. The number of carbonyl (C=O) groups excluding carboxylic acids is 2. The van der Waals surface area contributed by atoms with Crippen molar-refractivity contribution in [3.8, 4) is 0 Å². The van der Waals surface area contributed by atoms with Crippen LogP contribution in [0.25, 0.3) is 0 Å². The molecule has 2 saturated carbocycles. The molecular weight excluding hydrogens is 196 g/mol. The molecule has 2 bridgehead atoms. The molecule has 0 aliphatic heterocycles. The van der Waals surface area contributed by atoms with Gasteiger partial charge in [-0.1, -0.05) is 0 Å². The van der Waals surface area contributed by atoms with Gasteiger partial charge in [0, 0.05) is 0 Å². The van der Waals surface area contributed by atoms with Crippen LogP contribution in [0.4, 0.5) is 0 Å². The van der Waals surface area contributed by atoms with E-state index in [9.17, 15) is 9.59 Å². The molecule has 0 radical (unpaired) electrons. The molecule has 0 heterocycles. The molecule has 0 N–H and O–H groups in total. The summed E-state index contributed by atoms with van der Waals surface area (Å²) in [6.07, 6.45) is 3.65. The fourth-order valence-electron chi connectivity index (χ4n) is 3.19. The molecule has 2 fully saturated rings. The van der Waals surface area contributed by atoms with Gasteiger partial charge in [0.2, 0.25) is 0 Å². The molecule has 4 nitrogen and oxygen atoms in total. The molecule has 0 aromatic carbocycles. The maximum atomic E-state index is 11.7. The normalized spacial score (nSPS) is 37.7. The molecule has 0 saturated heterocycles. The quantitative estimate of drug-likeness (QED) is 0.647. The lowest BCUT2D eigenvalue weighted by Gasteiger charge is -2.24. The molecule has 0 atom stereocenters. The Morgan fingerprint density at radius 2 is 1.20 bits per heavy atom. The predicted molar refractivity (Wildman–Crippen MR) is 52.0 cm³/mol. The van der Waals surface area contributed by atoms with Crippen molar-refractivity contribution in [3.63, 3.8) is 0 Å². The first-order chi connectivity index (χ1) is 7.08. The summed E-state index contributed by atoms with van der Waals surface area (Å²) in [7, 11) is 2.82. The van der Waals surface area contributed by atoms with Crippen LogP contribution >= 0.6 is 0 Å². The number of rotatable bonds is 2. The number of ether oxygens (including phenoxy) is 2. The Kier molecular flexibility index (Phi) is 2.24. The number of hydrogen-bond donors (Lipinski definition) is 0. The van der Waals surface area contributed by atoms with E-state index in [4.69, 9.17) is 9.47 Å². The Morgan fingerprint density at radius 3 is 1.47 bits per heavy atom. The van der Waals surface area contributed by atoms with Gasteiger partial charge in [0.05, 0.1) is 25.0 Å². The minimum atomic E-state index is -0.400. The van der Waals surface area contributed by atoms with Crippen LogP contribution in [0.2, 0.25) is 0 Å². The average Bonchev–Trinajstić information content (AvgIpc) is 2.85. The van der Waals surface area contributed by atoms with Gasteiger partial charge in [-0.05, 0) is 32.1 Å². The third-order valence-electron chi connectivity index (χ3n) is 4.08. The average molecular weight is 212 g/mol. The molecular formula is C11H16O4. The van der Waals surface area contributed by atoms with Crippen molar-refractivity contribution in [2.75, 3.05) is 14.2 Å². The fraction of sp³-hybridized carbons (Fsp3) is 0.818. The number of hydrogen-bond acceptors (Lipinski definition) is 4. The highest BCUT2D eigenvalue weighted by molar-refractivity contribution is 5.84. The molecule has 2 rings (SSSR count). The van der Waals surface area contributed by atoms with Crippen molar-refractivity contribution in [2.45, 2.75) is 32.1 Å². The van der Waals surface area contributed by atoms with Crippen molar-refractivity contribution < 1.29 is 19.1 Å². The van der Waals surface area contributed by atoms with Crippen LogP contribution < -0.4 is 0 Å². The van der Waals surface area contributed by atoms with Gasteiger partial charge in [0.1, 0.15) is 0 Å². The summed E-state index contributed by atoms with van der Waals surface area (Å²) >= 11 is 0. The van der Waals surface area contributed by atoms with E-state index in [0.717, 1.165) is 25.7 Å². The number of fused-ring (bicyclic) bond motifs is 2. The first-order valence-corrected chi connectivity index (χ1v) is 5.25. The maximum Gasteiger partial charge on any atom is 0.311 e. The summed E-state index contributed by atoms with van der Waals surface area (Å²) < 4.78 is 9.64. The second kappa shape index (κ2) is 3.22. The summed E-state index contributed by atoms with van der Waals surface area (Å²) in [6, 6.07) is 0. The van der Waals surface area contributed by atoms with Crippen LogP contribution in [0.5, 0.6) is 0 Å². The van der Waals surface area contributed by atoms with Crippen LogP contribution in [-0.4, -0.2) is 26.2 Å². The number of esters is 2. The maximum absolute atomic E-state index is 11.7. The van der Waals surface area contributed by atoms with E-state index in [0.29, 0.717) is 6.42 Å². The molecule has 0 spiro atoms. The smallest absolute Gasteiger partial charge is 0.311 e. The Bertz CT molecular complexity index is 270. The number of methoxy groups -OCH3 is 2. The van der Waals surface area contributed by atoms with Crippen LogP contribution in [0.1, 0.15) is 32.1 Å². The summed E-state index contributed by atoms with van der Waals surface area (Å²) in [5, 5.41) is 0. The van der Waals surface area contributed by atoms with E-state index >= 15 is 0 Å². The van der Waals surface area contributed by atoms with Gasteiger partial charge < -0.3 is 9.47 Å². The van der Waals surface area contributed by atoms with Gasteiger partial charge in [-0.2, -0.15) is 0 Å². The van der Waals surface area contributed by atoms with Gasteiger partial charge >= 0.3 is 11.9 Å². The molecule has 0 aromatic rings. The largest absolute Gasteiger partial charge is 0.469 e. The fourth-order valence-corrected chi connectivity index (χ4v) is 3.19. The van der Waals surface area contributed by atoms with Crippen molar-refractivity contribution in [2.24, 2.45) is 10.8 Å². The van der Waals surface area contributed by atoms with E-state index in [2.05, 4.69) is 0 Å². The minimum Gasteiger partial charge on any atom is -0.469 e. The first kappa shape index (κ1) is 10.5. The van der Waals surface area contributed by atoms with Crippen molar-refractivity contribution in [1.29, 1.82) is 0 Å². The predicted octanol–water partition coefficient (Wildman–Crippen LogP) is 1.28. The van der Waals surface area contributed by atoms with Crippen LogP contribution in [0.3, 0.4) is 0 Å². The van der Waals surface area contributed by atoms with Crippen molar-refractivity contribution in [1.82, 2.24) is 0 Å². The Morgan fingerprint density at radius 1 is 0.867 bits per heavy atom. The SMILES string of the molecule is COC(=O)[C@]12CC[C@@](C(=O)OC)(CC1)C2.